The molecule has 0 spiro atoms. The molecule has 1 heterocycles. The van der Waals surface area contributed by atoms with Crippen LogP contribution >= 0.6 is 0 Å². The number of ether oxygens (including phenoxy) is 4. The minimum absolute atomic E-state index is 0.0323. The summed E-state index contributed by atoms with van der Waals surface area (Å²) < 4.78 is 21.1. The van der Waals surface area contributed by atoms with Crippen molar-refractivity contribution >= 4 is 18.0 Å². The molecule has 1 aliphatic rings. The zero-order valence-electron chi connectivity index (χ0n) is 22.3. The lowest BCUT2D eigenvalue weighted by atomic mass is 9.90. The quantitative estimate of drug-likeness (QED) is 0.116. The summed E-state index contributed by atoms with van der Waals surface area (Å²) in [6.07, 6.45) is 6.77. The molecular formula is C27H38N2O9. The molecule has 2 rings (SSSR count). The molecule has 2 N–H and O–H groups in total. The molecule has 0 aliphatic carbocycles. The maximum Gasteiger partial charge on any atom is 0.513 e. The minimum Gasteiger partial charge on any atom is -0.434 e. The second-order valence-electron chi connectivity index (χ2n) is 8.99. The number of hydrogen-bond acceptors (Lipinski definition) is 10. The molecule has 1 unspecified atom stereocenters. The largest absolute Gasteiger partial charge is 0.513 e. The van der Waals surface area contributed by atoms with Crippen LogP contribution in [0.1, 0.15) is 83.6 Å². The van der Waals surface area contributed by atoms with Gasteiger partial charge < -0.3 is 29.4 Å². The van der Waals surface area contributed by atoms with Crippen molar-refractivity contribution in [2.45, 2.75) is 78.1 Å². The van der Waals surface area contributed by atoms with E-state index in [0.717, 1.165) is 19.3 Å². The third kappa shape index (κ3) is 9.70. The molecule has 11 heteroatoms. The van der Waals surface area contributed by atoms with E-state index < -0.39 is 29.8 Å². The van der Waals surface area contributed by atoms with Gasteiger partial charge in [-0.3, -0.25) is 10.1 Å². The monoisotopic (exact) mass is 534 g/mol. The van der Waals surface area contributed by atoms with Crippen LogP contribution in [0.4, 0.5) is 15.3 Å². The molecule has 1 atom stereocenters. The van der Waals surface area contributed by atoms with E-state index in [1.54, 1.807) is 19.9 Å². The van der Waals surface area contributed by atoms with Crippen LogP contribution in [0, 0.1) is 10.1 Å². The Morgan fingerprint density at radius 1 is 0.921 bits per heavy atom. The number of aliphatic hydroxyl groups excluding tert-OH is 1. The lowest BCUT2D eigenvalue weighted by Crippen LogP contribution is -2.29. The Morgan fingerprint density at radius 3 is 2.03 bits per heavy atom. The van der Waals surface area contributed by atoms with E-state index in [0.29, 0.717) is 23.4 Å². The first-order valence-electron chi connectivity index (χ1n) is 13.0. The Labute approximate surface area is 222 Å². The van der Waals surface area contributed by atoms with Crippen LogP contribution in [0.15, 0.2) is 47.2 Å². The molecule has 0 aromatic heterocycles. The normalized spacial score (nSPS) is 15.1. The Hall–Kier alpha value is -3.60. The summed E-state index contributed by atoms with van der Waals surface area (Å²) in [6, 6.07) is 5.72. The van der Waals surface area contributed by atoms with Crippen molar-refractivity contribution in [1.29, 1.82) is 0 Å². The number of unbranched alkanes of at least 4 members (excludes halogenated alkanes) is 7. The van der Waals surface area contributed by atoms with Crippen molar-refractivity contribution < 1.29 is 38.6 Å². The molecule has 38 heavy (non-hydrogen) atoms. The van der Waals surface area contributed by atoms with E-state index in [2.05, 4.69) is 12.2 Å². The lowest BCUT2D eigenvalue weighted by Gasteiger charge is -2.30. The van der Waals surface area contributed by atoms with Crippen LogP contribution in [-0.2, 0) is 18.9 Å². The van der Waals surface area contributed by atoms with Crippen LogP contribution in [0.5, 0.6) is 0 Å². The number of benzene rings is 1. The van der Waals surface area contributed by atoms with Crippen molar-refractivity contribution in [1.82, 2.24) is 5.32 Å². The Kier molecular flexibility index (Phi) is 13.1. The standard InChI is InChI=1S/C27H38N2O9/c1-4-5-6-7-8-9-10-11-16-35-26(31)37-24-19(2)28-20(3)25(38-27(32)36-17-15-30)23(24)21-13-12-14-22(18-21)29(33)34/h12-14,18,23,28,30H,4-11,15-17H2,1-3H3. The van der Waals surface area contributed by atoms with Crippen molar-refractivity contribution in [2.24, 2.45) is 0 Å². The molecule has 0 saturated heterocycles. The highest BCUT2D eigenvalue weighted by molar-refractivity contribution is 5.65. The van der Waals surface area contributed by atoms with Gasteiger partial charge in [0.15, 0.2) is 0 Å². The first kappa shape index (κ1) is 30.6. The fraction of sp³-hybridized carbons (Fsp3) is 0.556. The van der Waals surface area contributed by atoms with E-state index in [1.165, 1.54) is 43.9 Å². The third-order valence-corrected chi connectivity index (χ3v) is 5.97. The Balaban J connectivity index is 2.13. The van der Waals surface area contributed by atoms with Gasteiger partial charge in [-0.1, -0.05) is 64.0 Å². The number of dihydropyridines is 1. The molecule has 11 nitrogen and oxygen atoms in total. The van der Waals surface area contributed by atoms with Gasteiger partial charge in [0.2, 0.25) is 0 Å². The summed E-state index contributed by atoms with van der Waals surface area (Å²) in [5.74, 6) is -0.875. The predicted molar refractivity (Wildman–Crippen MR) is 139 cm³/mol. The maximum atomic E-state index is 12.6. The smallest absolute Gasteiger partial charge is 0.434 e. The van der Waals surface area contributed by atoms with E-state index in [9.17, 15) is 19.7 Å². The van der Waals surface area contributed by atoms with Gasteiger partial charge in [0.05, 0.1) is 29.5 Å². The van der Waals surface area contributed by atoms with Gasteiger partial charge in [-0.2, -0.15) is 0 Å². The molecule has 0 saturated carbocycles. The molecule has 1 aliphatic heterocycles. The molecular weight excluding hydrogens is 496 g/mol. The number of hydrogen-bond donors (Lipinski definition) is 2. The van der Waals surface area contributed by atoms with Gasteiger partial charge >= 0.3 is 12.3 Å². The van der Waals surface area contributed by atoms with Crippen molar-refractivity contribution in [3.8, 4) is 0 Å². The summed E-state index contributed by atoms with van der Waals surface area (Å²) >= 11 is 0. The molecule has 0 fully saturated rings. The minimum atomic E-state index is -1.08. The highest BCUT2D eigenvalue weighted by atomic mass is 16.7. The van der Waals surface area contributed by atoms with E-state index in [1.807, 2.05) is 0 Å². The van der Waals surface area contributed by atoms with Crippen LogP contribution in [-0.4, -0.2) is 42.2 Å². The number of nitro groups is 1. The number of non-ortho nitro benzene ring substituents is 1. The number of nitro benzene ring substituents is 1. The summed E-state index contributed by atoms with van der Waals surface area (Å²) in [6.45, 7) is 5.01. The highest BCUT2D eigenvalue weighted by Crippen LogP contribution is 2.40. The maximum absolute atomic E-state index is 12.6. The summed E-state index contributed by atoms with van der Waals surface area (Å²) in [4.78, 5) is 35.6. The van der Waals surface area contributed by atoms with E-state index >= 15 is 0 Å². The van der Waals surface area contributed by atoms with Crippen LogP contribution in [0.3, 0.4) is 0 Å². The van der Waals surface area contributed by atoms with Crippen molar-refractivity contribution in [3.05, 3.63) is 62.9 Å². The van der Waals surface area contributed by atoms with E-state index in [4.69, 9.17) is 24.1 Å². The highest BCUT2D eigenvalue weighted by Gasteiger charge is 2.36. The van der Waals surface area contributed by atoms with Gasteiger partial charge in [0.25, 0.3) is 5.69 Å². The summed E-state index contributed by atoms with van der Waals surface area (Å²) in [5, 5.41) is 23.3. The molecule has 0 bridgehead atoms. The molecule has 210 valence electrons. The fourth-order valence-corrected chi connectivity index (χ4v) is 4.11. The van der Waals surface area contributed by atoms with Crippen LogP contribution in [0.25, 0.3) is 0 Å². The Morgan fingerprint density at radius 2 is 1.47 bits per heavy atom. The number of nitrogens with one attached hydrogen (secondary N) is 1. The summed E-state index contributed by atoms with van der Waals surface area (Å²) in [7, 11) is 0. The molecule has 0 radical (unpaired) electrons. The fourth-order valence-electron chi connectivity index (χ4n) is 4.11. The first-order valence-corrected chi connectivity index (χ1v) is 13.0. The van der Waals surface area contributed by atoms with Crippen molar-refractivity contribution in [3.63, 3.8) is 0 Å². The predicted octanol–water partition coefficient (Wildman–Crippen LogP) is 6.18. The topological polar surface area (TPSA) is 146 Å². The van der Waals surface area contributed by atoms with Gasteiger partial charge in [0.1, 0.15) is 24.0 Å². The second-order valence-corrected chi connectivity index (χ2v) is 8.99. The Bertz CT molecular complexity index is 1020. The third-order valence-electron chi connectivity index (χ3n) is 5.97. The number of carbonyl (C=O) groups excluding carboxylic acids is 2. The lowest BCUT2D eigenvalue weighted by molar-refractivity contribution is -0.384. The average molecular weight is 535 g/mol. The van der Waals surface area contributed by atoms with Crippen LogP contribution in [0.2, 0.25) is 0 Å². The average Bonchev–Trinajstić information content (AvgIpc) is 2.89. The molecule has 1 aromatic carbocycles. The number of aliphatic hydroxyl groups is 1. The van der Waals surface area contributed by atoms with Gasteiger partial charge in [-0.25, -0.2) is 9.59 Å². The number of carbonyl (C=O) groups is 2. The van der Waals surface area contributed by atoms with Gasteiger partial charge in [-0.05, 0) is 25.8 Å². The number of nitrogens with zero attached hydrogens (tertiary/aromatic N) is 1. The van der Waals surface area contributed by atoms with Crippen LogP contribution < -0.4 is 5.32 Å². The van der Waals surface area contributed by atoms with Gasteiger partial charge in [-0.15, -0.1) is 0 Å². The number of rotatable bonds is 15. The number of allylic oxidation sites excluding steroid dienone is 2. The van der Waals surface area contributed by atoms with Gasteiger partial charge in [0, 0.05) is 12.1 Å². The molecule has 1 aromatic rings. The first-order chi connectivity index (χ1) is 18.3. The zero-order chi connectivity index (χ0) is 27.9. The van der Waals surface area contributed by atoms with E-state index in [-0.39, 0.29) is 30.4 Å². The van der Waals surface area contributed by atoms with Crippen molar-refractivity contribution in [2.75, 3.05) is 19.8 Å². The summed E-state index contributed by atoms with van der Waals surface area (Å²) in [5.41, 5.74) is 1.03. The second kappa shape index (κ2) is 16.3. The zero-order valence-corrected chi connectivity index (χ0v) is 22.3. The SMILES string of the molecule is CCCCCCCCCCOC(=O)OC1=C(C)NC(C)=C(OC(=O)OCCO)C1c1cccc([N+](=O)[O-])c1. The molecule has 0 amide bonds.